The number of rotatable bonds is 6. The Balaban J connectivity index is 2.52. The minimum absolute atomic E-state index is 0.172. The fourth-order valence-electron chi connectivity index (χ4n) is 3.25. The van der Waals surface area contributed by atoms with E-state index in [9.17, 15) is 4.79 Å². The zero-order valence-corrected chi connectivity index (χ0v) is 14.6. The fraction of sp³-hybridized carbons (Fsp3) is 0.941. The number of carbonyl (C=O) groups excluding carboxylic acids is 1. The molecule has 0 aromatic carbocycles. The van der Waals surface area contributed by atoms with Gasteiger partial charge in [-0.05, 0) is 50.5 Å². The van der Waals surface area contributed by atoms with Crippen molar-refractivity contribution in [1.82, 2.24) is 4.90 Å². The topological polar surface area (TPSA) is 55.6 Å². The van der Waals surface area contributed by atoms with Crippen molar-refractivity contribution in [2.75, 3.05) is 26.7 Å². The first-order chi connectivity index (χ1) is 9.72. The number of nitrogens with two attached hydrogens (primary N) is 1. The van der Waals surface area contributed by atoms with Gasteiger partial charge in [0, 0.05) is 26.6 Å². The maximum absolute atomic E-state index is 12.5. The third-order valence-corrected chi connectivity index (χ3v) is 4.95. The largest absolute Gasteiger partial charge is 0.377 e. The smallest absolute Gasteiger partial charge is 0.222 e. The van der Waals surface area contributed by atoms with E-state index in [4.69, 9.17) is 10.5 Å². The number of likely N-dealkylation sites (tertiary alicyclic amines) is 1. The van der Waals surface area contributed by atoms with Crippen LogP contribution in [0.5, 0.6) is 0 Å². The second kappa shape index (κ2) is 7.59. The van der Waals surface area contributed by atoms with Crippen LogP contribution in [0, 0.1) is 11.3 Å². The zero-order valence-electron chi connectivity index (χ0n) is 14.6. The number of methoxy groups -OCH3 is 1. The van der Waals surface area contributed by atoms with Crippen molar-refractivity contribution in [2.24, 2.45) is 17.1 Å². The molecule has 0 spiro atoms. The lowest BCUT2D eigenvalue weighted by molar-refractivity contribution is -0.139. The van der Waals surface area contributed by atoms with Gasteiger partial charge in [-0.3, -0.25) is 4.79 Å². The zero-order chi connectivity index (χ0) is 16.1. The van der Waals surface area contributed by atoms with E-state index < -0.39 is 0 Å². The molecule has 1 heterocycles. The van der Waals surface area contributed by atoms with Crippen LogP contribution in [-0.4, -0.2) is 43.2 Å². The van der Waals surface area contributed by atoms with Gasteiger partial charge in [0.05, 0.1) is 5.60 Å². The third kappa shape index (κ3) is 5.59. The van der Waals surface area contributed by atoms with E-state index in [1.54, 1.807) is 7.11 Å². The summed E-state index contributed by atoms with van der Waals surface area (Å²) in [5.74, 6) is 0.772. The van der Waals surface area contributed by atoms with E-state index in [1.807, 2.05) is 4.90 Å². The van der Waals surface area contributed by atoms with E-state index in [2.05, 4.69) is 27.7 Å². The lowest BCUT2D eigenvalue weighted by Crippen LogP contribution is -2.49. The molecule has 21 heavy (non-hydrogen) atoms. The van der Waals surface area contributed by atoms with Crippen LogP contribution in [0.15, 0.2) is 0 Å². The molecule has 4 nitrogen and oxygen atoms in total. The normalized spacial score (nSPS) is 25.0. The average molecular weight is 298 g/mol. The Labute approximate surface area is 130 Å². The quantitative estimate of drug-likeness (QED) is 0.820. The maximum atomic E-state index is 12.5. The van der Waals surface area contributed by atoms with Gasteiger partial charge in [0.15, 0.2) is 0 Å². The van der Waals surface area contributed by atoms with E-state index in [-0.39, 0.29) is 16.9 Å². The standard InChI is InChI=1S/C17H34N2O2/c1-16(2,3)14(9-11-18)7-8-15(20)19-12-6-10-17(4,13-19)21-5/h14H,6-13,18H2,1-5H3. The monoisotopic (exact) mass is 298 g/mol. The Morgan fingerprint density at radius 2 is 2.05 bits per heavy atom. The van der Waals surface area contributed by atoms with Crippen molar-refractivity contribution in [3.05, 3.63) is 0 Å². The molecule has 0 aromatic heterocycles. The number of piperidine rings is 1. The molecule has 2 atom stereocenters. The molecular weight excluding hydrogens is 264 g/mol. The lowest BCUT2D eigenvalue weighted by Gasteiger charge is -2.40. The number of hydrogen-bond acceptors (Lipinski definition) is 3. The van der Waals surface area contributed by atoms with Crippen molar-refractivity contribution in [2.45, 2.75) is 65.4 Å². The molecule has 1 fully saturated rings. The highest BCUT2D eigenvalue weighted by Crippen LogP contribution is 2.32. The summed E-state index contributed by atoms with van der Waals surface area (Å²) < 4.78 is 5.57. The van der Waals surface area contributed by atoms with Crippen LogP contribution in [-0.2, 0) is 9.53 Å². The summed E-state index contributed by atoms with van der Waals surface area (Å²) in [6.07, 6.45) is 4.61. The molecule has 1 aliphatic rings. The van der Waals surface area contributed by atoms with Gasteiger partial charge in [0.2, 0.25) is 5.91 Å². The van der Waals surface area contributed by atoms with Gasteiger partial charge in [-0.25, -0.2) is 0 Å². The molecule has 1 amide bonds. The molecule has 4 heteroatoms. The van der Waals surface area contributed by atoms with E-state index in [0.717, 1.165) is 38.8 Å². The molecule has 0 aliphatic carbocycles. The molecule has 0 saturated carbocycles. The van der Waals surface area contributed by atoms with Crippen molar-refractivity contribution >= 4 is 5.91 Å². The van der Waals surface area contributed by atoms with Crippen LogP contribution in [0.2, 0.25) is 0 Å². The van der Waals surface area contributed by atoms with Gasteiger partial charge in [-0.2, -0.15) is 0 Å². The van der Waals surface area contributed by atoms with Crippen LogP contribution in [0.3, 0.4) is 0 Å². The van der Waals surface area contributed by atoms with Gasteiger partial charge in [-0.1, -0.05) is 20.8 Å². The first kappa shape index (κ1) is 18.4. The van der Waals surface area contributed by atoms with Crippen LogP contribution < -0.4 is 5.73 Å². The summed E-state index contributed by atoms with van der Waals surface area (Å²) in [4.78, 5) is 14.5. The fourth-order valence-corrected chi connectivity index (χ4v) is 3.25. The molecule has 1 saturated heterocycles. The van der Waals surface area contributed by atoms with Gasteiger partial charge in [-0.15, -0.1) is 0 Å². The van der Waals surface area contributed by atoms with Crippen molar-refractivity contribution < 1.29 is 9.53 Å². The van der Waals surface area contributed by atoms with Crippen LogP contribution in [0.25, 0.3) is 0 Å². The lowest BCUT2D eigenvalue weighted by atomic mass is 9.76. The highest BCUT2D eigenvalue weighted by molar-refractivity contribution is 5.76. The van der Waals surface area contributed by atoms with E-state index in [1.165, 1.54) is 0 Å². The second-order valence-corrected chi connectivity index (χ2v) is 7.75. The summed E-state index contributed by atoms with van der Waals surface area (Å²) in [5, 5.41) is 0. The summed E-state index contributed by atoms with van der Waals surface area (Å²) >= 11 is 0. The second-order valence-electron chi connectivity index (χ2n) is 7.75. The molecule has 1 rings (SSSR count). The molecule has 2 N–H and O–H groups in total. The molecule has 2 unspecified atom stereocenters. The highest BCUT2D eigenvalue weighted by atomic mass is 16.5. The molecule has 124 valence electrons. The maximum Gasteiger partial charge on any atom is 0.222 e. The van der Waals surface area contributed by atoms with Crippen LogP contribution in [0.1, 0.15) is 59.8 Å². The van der Waals surface area contributed by atoms with Crippen molar-refractivity contribution in [1.29, 1.82) is 0 Å². The predicted octanol–water partition coefficient (Wildman–Crippen LogP) is 2.81. The minimum atomic E-state index is -0.172. The van der Waals surface area contributed by atoms with Crippen LogP contribution >= 0.6 is 0 Å². The molecule has 0 aromatic rings. The Hall–Kier alpha value is -0.610. The van der Waals surface area contributed by atoms with Gasteiger partial charge in [0.1, 0.15) is 0 Å². The van der Waals surface area contributed by atoms with Crippen LogP contribution in [0.4, 0.5) is 0 Å². The van der Waals surface area contributed by atoms with Crippen molar-refractivity contribution in [3.8, 4) is 0 Å². The van der Waals surface area contributed by atoms with E-state index in [0.29, 0.717) is 18.9 Å². The number of nitrogens with zero attached hydrogens (tertiary/aromatic N) is 1. The number of hydrogen-bond donors (Lipinski definition) is 1. The summed E-state index contributed by atoms with van der Waals surface area (Å²) in [6, 6.07) is 0. The Bertz CT molecular complexity index is 338. The molecule has 0 bridgehead atoms. The Kier molecular flexibility index (Phi) is 6.67. The highest BCUT2D eigenvalue weighted by Gasteiger charge is 2.33. The average Bonchev–Trinajstić information content (AvgIpc) is 2.42. The van der Waals surface area contributed by atoms with E-state index >= 15 is 0 Å². The minimum Gasteiger partial charge on any atom is -0.377 e. The SMILES string of the molecule is COC1(C)CCCN(C(=O)CCC(CCN)C(C)(C)C)C1. The van der Waals surface area contributed by atoms with Gasteiger partial charge >= 0.3 is 0 Å². The molecular formula is C17H34N2O2. The van der Waals surface area contributed by atoms with Gasteiger partial charge < -0.3 is 15.4 Å². The number of ether oxygens (including phenoxy) is 1. The predicted molar refractivity (Wildman–Crippen MR) is 87.1 cm³/mol. The first-order valence-electron chi connectivity index (χ1n) is 8.25. The molecule has 0 radical (unpaired) electrons. The Morgan fingerprint density at radius 3 is 2.57 bits per heavy atom. The van der Waals surface area contributed by atoms with Gasteiger partial charge in [0.25, 0.3) is 0 Å². The Morgan fingerprint density at radius 1 is 1.38 bits per heavy atom. The summed E-state index contributed by atoms with van der Waals surface area (Å²) in [7, 11) is 1.74. The molecule has 1 aliphatic heterocycles. The number of carbonyl (C=O) groups is 1. The van der Waals surface area contributed by atoms with Crippen molar-refractivity contribution in [3.63, 3.8) is 0 Å². The first-order valence-corrected chi connectivity index (χ1v) is 8.25. The third-order valence-electron chi connectivity index (χ3n) is 4.95. The summed E-state index contributed by atoms with van der Waals surface area (Å²) in [5.41, 5.74) is 5.76. The summed E-state index contributed by atoms with van der Waals surface area (Å²) in [6.45, 7) is 11.1. The number of amides is 1.